The van der Waals surface area contributed by atoms with Crippen molar-refractivity contribution in [3.63, 3.8) is 0 Å². The van der Waals surface area contributed by atoms with E-state index in [2.05, 4.69) is 52.2 Å². The summed E-state index contributed by atoms with van der Waals surface area (Å²) in [5.41, 5.74) is 0.271. The molecule has 1 saturated heterocycles. The quantitative estimate of drug-likeness (QED) is 0.601. The first-order valence-corrected chi connectivity index (χ1v) is 13.3. The molecule has 0 radical (unpaired) electrons. The topological polar surface area (TPSA) is 61.4 Å². The molecule has 4 fully saturated rings. The van der Waals surface area contributed by atoms with E-state index in [4.69, 9.17) is 12.2 Å². The van der Waals surface area contributed by atoms with Gasteiger partial charge in [-0.05, 0) is 113 Å². The van der Waals surface area contributed by atoms with E-state index in [0.717, 1.165) is 32.1 Å². The minimum atomic E-state index is 0.0550. The molecule has 2 N–H and O–H groups in total. The third-order valence-electron chi connectivity index (χ3n) is 9.78. The van der Waals surface area contributed by atoms with Crippen LogP contribution in [0, 0.1) is 34.5 Å². The minimum absolute atomic E-state index is 0.0550. The van der Waals surface area contributed by atoms with Gasteiger partial charge >= 0.3 is 0 Å². The summed E-state index contributed by atoms with van der Waals surface area (Å²) in [5, 5.41) is 7.20. The molecule has 4 aliphatic rings. The molecule has 0 bridgehead atoms. The molecule has 0 aromatic rings. The number of rotatable bonds is 3. The molecule has 3 aliphatic carbocycles. The number of piperidine rings is 1. The van der Waals surface area contributed by atoms with E-state index >= 15 is 0 Å². The molecule has 180 valence electrons. The van der Waals surface area contributed by atoms with Gasteiger partial charge in [0.2, 0.25) is 11.8 Å². The van der Waals surface area contributed by atoms with Crippen molar-refractivity contribution in [3.05, 3.63) is 0 Å². The SMILES string of the molecule is CC(C)NC(=S)N(C(=O)C1CC[C@H]2[C@@H]3CCC4NC(=O)CC[C@]4(C)[C@@H]3CC[C@]12C)C(C)C. The molecule has 5 nitrogen and oxygen atoms in total. The fourth-order valence-electron chi connectivity index (χ4n) is 8.18. The minimum Gasteiger partial charge on any atom is -0.360 e. The van der Waals surface area contributed by atoms with Gasteiger partial charge < -0.3 is 10.6 Å². The Morgan fingerprint density at radius 3 is 2.38 bits per heavy atom. The van der Waals surface area contributed by atoms with Gasteiger partial charge in [0.05, 0.1) is 0 Å². The Morgan fingerprint density at radius 1 is 1.03 bits per heavy atom. The molecular weight excluding hydrogens is 418 g/mol. The summed E-state index contributed by atoms with van der Waals surface area (Å²) in [7, 11) is 0. The molecular formula is C26H43N3O2S. The lowest BCUT2D eigenvalue weighted by Crippen LogP contribution is -2.61. The highest BCUT2D eigenvalue weighted by molar-refractivity contribution is 7.80. The second-order valence-electron chi connectivity index (χ2n) is 12.2. The summed E-state index contributed by atoms with van der Waals surface area (Å²) in [4.78, 5) is 27.8. The number of carbonyl (C=O) groups is 2. The molecule has 2 unspecified atom stereocenters. The molecule has 4 rings (SSSR count). The first kappa shape index (κ1) is 24.0. The van der Waals surface area contributed by atoms with E-state index in [1.165, 1.54) is 12.8 Å². The zero-order chi connectivity index (χ0) is 23.4. The van der Waals surface area contributed by atoms with Gasteiger partial charge in [0.15, 0.2) is 5.11 Å². The zero-order valence-corrected chi connectivity index (χ0v) is 21.7. The average Bonchev–Trinajstić information content (AvgIpc) is 3.05. The van der Waals surface area contributed by atoms with E-state index in [1.807, 2.05) is 4.90 Å². The maximum Gasteiger partial charge on any atom is 0.232 e. The van der Waals surface area contributed by atoms with E-state index in [9.17, 15) is 9.59 Å². The highest BCUT2D eigenvalue weighted by atomic mass is 32.1. The molecule has 1 heterocycles. The molecule has 0 aromatic heterocycles. The van der Waals surface area contributed by atoms with Gasteiger partial charge in [-0.3, -0.25) is 14.5 Å². The van der Waals surface area contributed by atoms with Crippen molar-refractivity contribution in [3.8, 4) is 0 Å². The van der Waals surface area contributed by atoms with Crippen molar-refractivity contribution < 1.29 is 9.59 Å². The third kappa shape index (κ3) is 3.78. The molecule has 6 heteroatoms. The Morgan fingerprint density at radius 2 is 1.72 bits per heavy atom. The van der Waals surface area contributed by atoms with Gasteiger partial charge in [0.25, 0.3) is 0 Å². The van der Waals surface area contributed by atoms with Crippen LogP contribution in [0.2, 0.25) is 0 Å². The average molecular weight is 462 g/mol. The molecule has 7 atom stereocenters. The number of fused-ring (bicyclic) bond motifs is 5. The van der Waals surface area contributed by atoms with Gasteiger partial charge in [-0.2, -0.15) is 0 Å². The number of hydrogen-bond donors (Lipinski definition) is 2. The molecule has 2 amide bonds. The van der Waals surface area contributed by atoms with E-state index in [0.29, 0.717) is 35.3 Å². The largest absolute Gasteiger partial charge is 0.360 e. The first-order valence-electron chi connectivity index (χ1n) is 12.9. The van der Waals surface area contributed by atoms with Crippen molar-refractivity contribution >= 4 is 29.1 Å². The van der Waals surface area contributed by atoms with Crippen LogP contribution in [0.3, 0.4) is 0 Å². The number of amides is 2. The lowest BCUT2D eigenvalue weighted by atomic mass is 9.47. The lowest BCUT2D eigenvalue weighted by Gasteiger charge is -2.60. The van der Waals surface area contributed by atoms with E-state index in [1.54, 1.807) is 0 Å². The summed E-state index contributed by atoms with van der Waals surface area (Å²) in [6, 6.07) is 0.607. The monoisotopic (exact) mass is 461 g/mol. The van der Waals surface area contributed by atoms with Crippen LogP contribution in [0.1, 0.15) is 92.9 Å². The second kappa shape index (κ2) is 8.56. The van der Waals surface area contributed by atoms with Crippen molar-refractivity contribution in [2.75, 3.05) is 0 Å². The van der Waals surface area contributed by atoms with Crippen LogP contribution in [-0.4, -0.2) is 40.0 Å². The van der Waals surface area contributed by atoms with Crippen molar-refractivity contribution in [2.24, 2.45) is 34.5 Å². The van der Waals surface area contributed by atoms with Crippen molar-refractivity contribution in [1.29, 1.82) is 0 Å². The number of thiocarbonyl (C=S) groups is 1. The van der Waals surface area contributed by atoms with Gasteiger partial charge in [-0.15, -0.1) is 0 Å². The fraction of sp³-hybridized carbons (Fsp3) is 0.885. The normalized spacial score (nSPS) is 40.9. The Bertz CT molecular complexity index is 783. The molecule has 3 saturated carbocycles. The Balaban J connectivity index is 1.55. The highest BCUT2D eigenvalue weighted by Gasteiger charge is 2.61. The number of nitrogens with one attached hydrogen (secondary N) is 2. The van der Waals surface area contributed by atoms with Crippen LogP contribution in [-0.2, 0) is 9.59 Å². The molecule has 0 aromatic carbocycles. The summed E-state index contributed by atoms with van der Waals surface area (Å²) in [5.74, 6) is 2.46. The Labute approximate surface area is 199 Å². The maximum atomic E-state index is 13.9. The van der Waals surface area contributed by atoms with Crippen LogP contribution in [0.25, 0.3) is 0 Å². The van der Waals surface area contributed by atoms with Gasteiger partial charge in [-0.25, -0.2) is 0 Å². The second-order valence-corrected chi connectivity index (χ2v) is 12.5. The van der Waals surface area contributed by atoms with Crippen LogP contribution < -0.4 is 10.6 Å². The van der Waals surface area contributed by atoms with Crippen molar-refractivity contribution in [1.82, 2.24) is 15.5 Å². The van der Waals surface area contributed by atoms with E-state index < -0.39 is 0 Å². The predicted molar refractivity (Wildman–Crippen MR) is 132 cm³/mol. The van der Waals surface area contributed by atoms with Gasteiger partial charge in [0.1, 0.15) is 0 Å². The van der Waals surface area contributed by atoms with Crippen LogP contribution in [0.15, 0.2) is 0 Å². The third-order valence-corrected chi connectivity index (χ3v) is 10.1. The standard InChI is InChI=1S/C26H43N3O2S/c1-15(2)27-24(32)29(16(3)4)23(31)20-9-8-18-17-7-10-21-26(6,14-12-22(30)28-21)19(17)11-13-25(18,20)5/h15-21H,7-14H2,1-6H3,(H,27,32)(H,28,30)/t17-,18-,19+,20?,21?,25-,26+/m0/s1. The smallest absolute Gasteiger partial charge is 0.232 e. The van der Waals surface area contributed by atoms with Crippen LogP contribution in [0.5, 0.6) is 0 Å². The highest BCUT2D eigenvalue weighted by Crippen LogP contribution is 2.65. The first-order chi connectivity index (χ1) is 15.0. The Kier molecular flexibility index (Phi) is 6.41. The Hall–Kier alpha value is -1.17. The summed E-state index contributed by atoms with van der Waals surface area (Å²) in [6.07, 6.45) is 8.39. The number of carbonyl (C=O) groups excluding carboxylic acids is 2. The summed E-state index contributed by atoms with van der Waals surface area (Å²) >= 11 is 5.66. The zero-order valence-electron chi connectivity index (χ0n) is 20.9. The molecule has 32 heavy (non-hydrogen) atoms. The lowest BCUT2D eigenvalue weighted by molar-refractivity contribution is -0.145. The summed E-state index contributed by atoms with van der Waals surface area (Å²) in [6.45, 7) is 13.1. The predicted octanol–water partition coefficient (Wildman–Crippen LogP) is 4.64. The fourth-order valence-corrected chi connectivity index (χ4v) is 8.72. The number of nitrogens with zero attached hydrogens (tertiary/aromatic N) is 1. The number of hydrogen-bond acceptors (Lipinski definition) is 3. The van der Waals surface area contributed by atoms with Crippen molar-refractivity contribution in [2.45, 2.75) is 111 Å². The van der Waals surface area contributed by atoms with Crippen LogP contribution in [0.4, 0.5) is 0 Å². The van der Waals surface area contributed by atoms with E-state index in [-0.39, 0.29) is 40.6 Å². The molecule has 0 spiro atoms. The summed E-state index contributed by atoms with van der Waals surface area (Å²) < 4.78 is 0. The maximum absolute atomic E-state index is 13.9. The van der Waals surface area contributed by atoms with Gasteiger partial charge in [0, 0.05) is 30.5 Å². The molecule has 1 aliphatic heterocycles. The van der Waals surface area contributed by atoms with Gasteiger partial charge in [-0.1, -0.05) is 13.8 Å². The van der Waals surface area contributed by atoms with Crippen LogP contribution >= 0.6 is 12.2 Å².